The third kappa shape index (κ3) is 4.53. The van der Waals surface area contributed by atoms with Crippen LogP contribution in [0.2, 0.25) is 5.02 Å². The summed E-state index contributed by atoms with van der Waals surface area (Å²) in [6.07, 6.45) is 3.88. The number of hydrogen-bond donors (Lipinski definition) is 0. The van der Waals surface area contributed by atoms with E-state index in [-0.39, 0.29) is 11.0 Å². The van der Waals surface area contributed by atoms with Gasteiger partial charge in [-0.25, -0.2) is 4.98 Å². The predicted octanol–water partition coefficient (Wildman–Crippen LogP) is 7.12. The minimum absolute atomic E-state index is 0.102. The average molecular weight is 443 g/mol. The lowest BCUT2D eigenvalue weighted by Gasteiger charge is -2.18. The highest BCUT2D eigenvalue weighted by Gasteiger charge is 2.14. The summed E-state index contributed by atoms with van der Waals surface area (Å²) >= 11 is 6.18. The number of rotatable bonds is 3. The second-order valence-corrected chi connectivity index (χ2v) is 9.76. The molecule has 0 amide bonds. The number of benzene rings is 3. The zero-order valence-corrected chi connectivity index (χ0v) is 19.9. The van der Waals surface area contributed by atoms with Gasteiger partial charge in [-0.15, -0.1) is 0 Å². The Labute approximate surface area is 194 Å². The van der Waals surface area contributed by atoms with E-state index < -0.39 is 0 Å². The van der Waals surface area contributed by atoms with E-state index in [1.54, 1.807) is 22.8 Å². The van der Waals surface area contributed by atoms with Gasteiger partial charge in [0.15, 0.2) is 0 Å². The highest BCUT2D eigenvalue weighted by atomic mass is 35.5. The zero-order chi connectivity index (χ0) is 23.0. The molecule has 4 rings (SSSR count). The number of aromatic nitrogens is 2. The van der Waals surface area contributed by atoms with Gasteiger partial charge < -0.3 is 0 Å². The molecule has 3 nitrogen and oxygen atoms in total. The number of halogens is 1. The second-order valence-electron chi connectivity index (χ2n) is 9.32. The van der Waals surface area contributed by atoms with Gasteiger partial charge in [-0.05, 0) is 77.9 Å². The Kier molecular flexibility index (Phi) is 5.79. The summed E-state index contributed by atoms with van der Waals surface area (Å²) in [6.45, 7) is 10.7. The van der Waals surface area contributed by atoms with Crippen LogP contribution in [0.25, 0.3) is 28.7 Å². The second kappa shape index (κ2) is 8.40. The van der Waals surface area contributed by atoms with Crippen LogP contribution >= 0.6 is 11.6 Å². The molecule has 0 saturated carbocycles. The first-order valence-corrected chi connectivity index (χ1v) is 11.1. The molecule has 4 aromatic rings. The van der Waals surface area contributed by atoms with Gasteiger partial charge in [0.25, 0.3) is 5.56 Å². The van der Waals surface area contributed by atoms with E-state index in [2.05, 4.69) is 51.1 Å². The molecular weight excluding hydrogens is 416 g/mol. The molecule has 162 valence electrons. The molecule has 0 bridgehead atoms. The minimum Gasteiger partial charge on any atom is -0.268 e. The normalized spacial score (nSPS) is 12.1. The van der Waals surface area contributed by atoms with Crippen LogP contribution in [-0.2, 0) is 5.41 Å². The summed E-state index contributed by atoms with van der Waals surface area (Å²) in [7, 11) is 0. The highest BCUT2D eigenvalue weighted by Crippen LogP contribution is 2.23. The topological polar surface area (TPSA) is 34.9 Å². The summed E-state index contributed by atoms with van der Waals surface area (Å²) < 4.78 is 1.68. The molecule has 4 heteroatoms. The third-order valence-electron chi connectivity index (χ3n) is 5.52. The Morgan fingerprint density at radius 1 is 0.875 bits per heavy atom. The molecule has 32 heavy (non-hydrogen) atoms. The van der Waals surface area contributed by atoms with Crippen molar-refractivity contribution in [2.24, 2.45) is 0 Å². The zero-order valence-electron chi connectivity index (χ0n) is 19.1. The SMILES string of the molecule is Cc1cc(C)cc(-n2c(C=Cc3ccc(C(C)(C)C)cc3)nc3cc(Cl)ccc3c2=O)c1. The maximum atomic E-state index is 13.5. The first-order valence-electron chi connectivity index (χ1n) is 10.7. The largest absolute Gasteiger partial charge is 0.268 e. The lowest BCUT2D eigenvalue weighted by atomic mass is 9.87. The Bertz CT molecular complexity index is 1370. The van der Waals surface area contributed by atoms with Crippen molar-refractivity contribution in [3.8, 4) is 5.69 Å². The summed E-state index contributed by atoms with van der Waals surface area (Å²) in [5.74, 6) is 0.565. The Hall–Kier alpha value is -3.17. The minimum atomic E-state index is -0.112. The molecule has 0 unspecified atom stereocenters. The molecule has 1 aromatic heterocycles. The van der Waals surface area contributed by atoms with E-state index in [4.69, 9.17) is 16.6 Å². The van der Waals surface area contributed by atoms with Crippen LogP contribution in [0.4, 0.5) is 0 Å². The fourth-order valence-electron chi connectivity index (χ4n) is 3.88. The van der Waals surface area contributed by atoms with Gasteiger partial charge in [-0.3, -0.25) is 9.36 Å². The van der Waals surface area contributed by atoms with E-state index in [0.29, 0.717) is 21.7 Å². The summed E-state index contributed by atoms with van der Waals surface area (Å²) in [4.78, 5) is 18.3. The first kappa shape index (κ1) is 22.0. The Morgan fingerprint density at radius 3 is 2.16 bits per heavy atom. The van der Waals surface area contributed by atoms with Crippen molar-refractivity contribution in [3.05, 3.63) is 104 Å². The molecule has 3 aromatic carbocycles. The molecule has 1 heterocycles. The van der Waals surface area contributed by atoms with Crippen LogP contribution in [0.5, 0.6) is 0 Å². The van der Waals surface area contributed by atoms with Crippen molar-refractivity contribution in [3.63, 3.8) is 0 Å². The number of hydrogen-bond acceptors (Lipinski definition) is 2. The van der Waals surface area contributed by atoms with Crippen LogP contribution in [0.1, 0.15) is 48.8 Å². The smallest absolute Gasteiger partial charge is 0.266 e. The lowest BCUT2D eigenvalue weighted by molar-refractivity contribution is 0.590. The van der Waals surface area contributed by atoms with Gasteiger partial charge in [0, 0.05) is 5.02 Å². The molecule has 0 aliphatic rings. The van der Waals surface area contributed by atoms with Gasteiger partial charge in [-0.1, -0.05) is 68.8 Å². The average Bonchev–Trinajstić information content (AvgIpc) is 2.71. The molecule has 0 aliphatic carbocycles. The van der Waals surface area contributed by atoms with Crippen LogP contribution < -0.4 is 5.56 Å². The number of fused-ring (bicyclic) bond motifs is 1. The van der Waals surface area contributed by atoms with E-state index in [9.17, 15) is 4.79 Å². The predicted molar refractivity (Wildman–Crippen MR) is 136 cm³/mol. The van der Waals surface area contributed by atoms with Crippen LogP contribution in [0.15, 0.2) is 65.5 Å². The van der Waals surface area contributed by atoms with Crippen molar-refractivity contribution < 1.29 is 0 Å². The monoisotopic (exact) mass is 442 g/mol. The molecule has 0 spiro atoms. The van der Waals surface area contributed by atoms with Crippen molar-refractivity contribution in [2.45, 2.75) is 40.0 Å². The van der Waals surface area contributed by atoms with Gasteiger partial charge in [0.2, 0.25) is 0 Å². The van der Waals surface area contributed by atoms with E-state index in [1.807, 2.05) is 38.1 Å². The molecule has 0 radical (unpaired) electrons. The molecular formula is C28H27ClN2O. The fraction of sp³-hybridized carbons (Fsp3) is 0.214. The maximum absolute atomic E-state index is 13.5. The van der Waals surface area contributed by atoms with E-state index in [1.165, 1.54) is 5.56 Å². The van der Waals surface area contributed by atoms with Crippen molar-refractivity contribution in [1.82, 2.24) is 9.55 Å². The Morgan fingerprint density at radius 2 is 1.53 bits per heavy atom. The van der Waals surface area contributed by atoms with Gasteiger partial charge in [-0.2, -0.15) is 0 Å². The van der Waals surface area contributed by atoms with Gasteiger partial charge in [0.05, 0.1) is 16.6 Å². The van der Waals surface area contributed by atoms with Crippen molar-refractivity contribution >= 4 is 34.7 Å². The third-order valence-corrected chi connectivity index (χ3v) is 5.76. The lowest BCUT2D eigenvalue weighted by Crippen LogP contribution is -2.22. The maximum Gasteiger partial charge on any atom is 0.266 e. The number of nitrogens with zero attached hydrogens (tertiary/aromatic N) is 2. The summed E-state index contributed by atoms with van der Waals surface area (Å²) in [5.41, 5.74) is 5.90. The molecule has 0 fully saturated rings. The van der Waals surface area contributed by atoms with Crippen LogP contribution in [-0.4, -0.2) is 9.55 Å². The van der Waals surface area contributed by atoms with E-state index >= 15 is 0 Å². The van der Waals surface area contributed by atoms with Gasteiger partial charge >= 0.3 is 0 Å². The van der Waals surface area contributed by atoms with Crippen LogP contribution in [0, 0.1) is 13.8 Å². The highest BCUT2D eigenvalue weighted by molar-refractivity contribution is 6.31. The summed E-state index contributed by atoms with van der Waals surface area (Å²) in [5, 5.41) is 1.10. The van der Waals surface area contributed by atoms with Crippen molar-refractivity contribution in [2.75, 3.05) is 0 Å². The molecule has 0 aliphatic heterocycles. The molecule has 0 atom stereocenters. The van der Waals surface area contributed by atoms with E-state index in [0.717, 1.165) is 22.4 Å². The quantitative estimate of drug-likeness (QED) is 0.338. The molecule has 0 N–H and O–H groups in total. The number of aryl methyl sites for hydroxylation is 2. The first-order chi connectivity index (χ1) is 15.1. The summed E-state index contributed by atoms with van der Waals surface area (Å²) in [6, 6.07) is 19.8. The Balaban J connectivity index is 1.89. The van der Waals surface area contributed by atoms with Crippen LogP contribution in [0.3, 0.4) is 0 Å². The van der Waals surface area contributed by atoms with Crippen molar-refractivity contribution in [1.29, 1.82) is 0 Å². The van der Waals surface area contributed by atoms with Gasteiger partial charge in [0.1, 0.15) is 5.82 Å². The fourth-order valence-corrected chi connectivity index (χ4v) is 4.05. The molecule has 0 saturated heterocycles. The standard InChI is InChI=1S/C28H27ClN2O/c1-18-14-19(2)16-23(15-18)31-26(30-25-17-22(29)11-12-24(25)27(31)32)13-8-20-6-9-21(10-7-20)28(3,4)5/h6-17H,1-5H3.